The lowest BCUT2D eigenvalue weighted by Crippen LogP contribution is -2.36. The van der Waals surface area contributed by atoms with E-state index in [1.54, 1.807) is 0 Å². The molecule has 7 nitrogen and oxygen atoms in total. The Bertz CT molecular complexity index is 807. The number of piperidine rings is 1. The number of benzene rings is 1. The number of hydrogen-bond acceptors (Lipinski definition) is 5. The summed E-state index contributed by atoms with van der Waals surface area (Å²) in [4.78, 5) is 24.0. The maximum absolute atomic E-state index is 12.9. The molecule has 1 aliphatic rings. The predicted octanol–water partition coefficient (Wildman–Crippen LogP) is 2.98. The van der Waals surface area contributed by atoms with Crippen LogP contribution in [0.3, 0.4) is 0 Å². The molecule has 1 atom stereocenters. The molecule has 1 saturated heterocycles. The molecule has 0 aliphatic carbocycles. The van der Waals surface area contributed by atoms with Gasteiger partial charge in [0.1, 0.15) is 4.90 Å². The van der Waals surface area contributed by atoms with Crippen LogP contribution in [0.25, 0.3) is 0 Å². The molecule has 1 aliphatic heterocycles. The molecule has 1 aromatic carbocycles. The number of esters is 1. The number of carbonyl (C=O) groups excluding carboxylic acids is 2. The van der Waals surface area contributed by atoms with Gasteiger partial charge >= 0.3 is 5.97 Å². The first-order chi connectivity index (χ1) is 13.3. The molecule has 2 rings (SSSR count). The summed E-state index contributed by atoms with van der Waals surface area (Å²) in [6.45, 7) is 4.33. The van der Waals surface area contributed by atoms with Gasteiger partial charge in [-0.2, -0.15) is 4.31 Å². The van der Waals surface area contributed by atoms with Crippen molar-refractivity contribution in [3.8, 4) is 0 Å². The summed E-state index contributed by atoms with van der Waals surface area (Å²) >= 11 is 6.10. The fourth-order valence-electron chi connectivity index (χ4n) is 3.11. The molecule has 1 fully saturated rings. The van der Waals surface area contributed by atoms with E-state index in [2.05, 4.69) is 5.32 Å². The van der Waals surface area contributed by atoms with Crippen molar-refractivity contribution in [3.05, 3.63) is 28.8 Å². The number of ether oxygens (including phenoxy) is 1. The molecule has 0 bridgehead atoms. The van der Waals surface area contributed by atoms with E-state index in [0.29, 0.717) is 13.1 Å². The highest BCUT2D eigenvalue weighted by Gasteiger charge is 2.29. The van der Waals surface area contributed by atoms with Crippen molar-refractivity contribution >= 4 is 33.5 Å². The number of nitrogens with zero attached hydrogens (tertiary/aromatic N) is 1. The fraction of sp³-hybridized carbons (Fsp3) is 0.579. The van der Waals surface area contributed by atoms with E-state index in [9.17, 15) is 18.0 Å². The molecule has 1 unspecified atom stereocenters. The molecule has 9 heteroatoms. The van der Waals surface area contributed by atoms with Crippen LogP contribution in [0.4, 0.5) is 0 Å². The molecule has 1 aromatic rings. The van der Waals surface area contributed by atoms with Crippen LogP contribution in [0.1, 0.15) is 56.3 Å². The van der Waals surface area contributed by atoms with Gasteiger partial charge in [0.25, 0.3) is 5.91 Å². The van der Waals surface area contributed by atoms with Crippen LogP contribution >= 0.6 is 11.6 Å². The maximum atomic E-state index is 12.9. The highest BCUT2D eigenvalue weighted by atomic mass is 35.5. The van der Waals surface area contributed by atoms with E-state index in [1.165, 1.54) is 22.5 Å². The standard InChI is InChI=1S/C19H27ClN2O5S/c1-3-7-14(2)21-18(23)13-27-19(24)15-8-9-16(20)17(12-15)28(25,26)22-10-5-4-6-11-22/h8-9,12,14H,3-7,10-11,13H2,1-2H3,(H,21,23). The van der Waals surface area contributed by atoms with Gasteiger partial charge in [0.15, 0.2) is 6.61 Å². The van der Waals surface area contributed by atoms with Gasteiger partial charge < -0.3 is 10.1 Å². The molecule has 1 N–H and O–H groups in total. The highest BCUT2D eigenvalue weighted by Crippen LogP contribution is 2.28. The summed E-state index contributed by atoms with van der Waals surface area (Å²) in [6, 6.07) is 3.95. The normalized spacial score (nSPS) is 16.4. The first kappa shape index (κ1) is 22.6. The van der Waals surface area contributed by atoms with Gasteiger partial charge in [0, 0.05) is 19.1 Å². The van der Waals surface area contributed by atoms with E-state index < -0.39 is 28.5 Å². The Balaban J connectivity index is 2.07. The number of nitrogens with one attached hydrogen (secondary N) is 1. The minimum atomic E-state index is -3.79. The highest BCUT2D eigenvalue weighted by molar-refractivity contribution is 7.89. The minimum absolute atomic E-state index is 0.00646. The van der Waals surface area contributed by atoms with Crippen molar-refractivity contribution in [2.45, 2.75) is 56.9 Å². The largest absolute Gasteiger partial charge is 0.452 e. The summed E-state index contributed by atoms with van der Waals surface area (Å²) in [5.74, 6) is -1.17. The van der Waals surface area contributed by atoms with Crippen molar-refractivity contribution in [1.82, 2.24) is 9.62 Å². The Morgan fingerprint density at radius 2 is 1.93 bits per heavy atom. The van der Waals surface area contributed by atoms with Crippen molar-refractivity contribution < 1.29 is 22.7 Å². The number of hydrogen-bond donors (Lipinski definition) is 1. The molecule has 0 radical (unpaired) electrons. The third-order valence-corrected chi connectivity index (χ3v) is 6.94. The fourth-order valence-corrected chi connectivity index (χ4v) is 5.13. The summed E-state index contributed by atoms with van der Waals surface area (Å²) < 4.78 is 32.1. The van der Waals surface area contributed by atoms with E-state index >= 15 is 0 Å². The summed E-state index contributed by atoms with van der Waals surface area (Å²) in [6.07, 6.45) is 4.34. The van der Waals surface area contributed by atoms with Gasteiger partial charge in [-0.15, -0.1) is 0 Å². The summed E-state index contributed by atoms with van der Waals surface area (Å²) in [5, 5.41) is 2.78. The second-order valence-electron chi connectivity index (χ2n) is 6.94. The molecule has 0 saturated carbocycles. The number of carbonyl (C=O) groups is 2. The molecule has 1 amide bonds. The quantitative estimate of drug-likeness (QED) is 0.640. The molecule has 28 heavy (non-hydrogen) atoms. The lowest BCUT2D eigenvalue weighted by Gasteiger charge is -2.26. The smallest absolute Gasteiger partial charge is 0.338 e. The Hall–Kier alpha value is -1.64. The third kappa shape index (κ3) is 5.93. The number of halogens is 1. The Morgan fingerprint density at radius 3 is 2.57 bits per heavy atom. The van der Waals surface area contributed by atoms with Gasteiger partial charge in [-0.1, -0.05) is 31.4 Å². The van der Waals surface area contributed by atoms with Crippen molar-refractivity contribution in [3.63, 3.8) is 0 Å². The molecule has 0 spiro atoms. The zero-order valence-electron chi connectivity index (χ0n) is 16.2. The van der Waals surface area contributed by atoms with Crippen LogP contribution in [0, 0.1) is 0 Å². The molecule has 1 heterocycles. The van der Waals surface area contributed by atoms with E-state index in [-0.39, 0.29) is 21.5 Å². The summed E-state index contributed by atoms with van der Waals surface area (Å²) in [5.41, 5.74) is 0.0365. The Labute approximate surface area is 171 Å². The molecular weight excluding hydrogens is 404 g/mol. The molecular formula is C19H27ClN2O5S. The molecule has 0 aromatic heterocycles. The average Bonchev–Trinajstić information content (AvgIpc) is 2.67. The zero-order chi connectivity index (χ0) is 20.7. The van der Waals surface area contributed by atoms with Crippen LogP contribution in [0.5, 0.6) is 0 Å². The SMILES string of the molecule is CCCC(C)NC(=O)COC(=O)c1ccc(Cl)c(S(=O)(=O)N2CCCCC2)c1. The third-order valence-electron chi connectivity index (χ3n) is 4.56. The van der Waals surface area contributed by atoms with Gasteiger partial charge in [0.05, 0.1) is 10.6 Å². The van der Waals surface area contributed by atoms with Crippen LogP contribution in [-0.4, -0.2) is 50.3 Å². The van der Waals surface area contributed by atoms with Crippen molar-refractivity contribution in [2.24, 2.45) is 0 Å². The topological polar surface area (TPSA) is 92.8 Å². The summed E-state index contributed by atoms with van der Waals surface area (Å²) in [7, 11) is -3.79. The van der Waals surface area contributed by atoms with Gasteiger partial charge in [0.2, 0.25) is 10.0 Å². The lowest BCUT2D eigenvalue weighted by molar-refractivity contribution is -0.124. The maximum Gasteiger partial charge on any atom is 0.338 e. The van der Waals surface area contributed by atoms with Gasteiger partial charge in [-0.25, -0.2) is 13.2 Å². The van der Waals surface area contributed by atoms with E-state index in [0.717, 1.165) is 32.1 Å². The number of amides is 1. The van der Waals surface area contributed by atoms with Crippen LogP contribution in [0.15, 0.2) is 23.1 Å². The minimum Gasteiger partial charge on any atom is -0.452 e. The second-order valence-corrected chi connectivity index (χ2v) is 9.26. The van der Waals surface area contributed by atoms with Gasteiger partial charge in [-0.3, -0.25) is 4.79 Å². The number of rotatable bonds is 8. The van der Waals surface area contributed by atoms with Crippen molar-refractivity contribution in [2.75, 3.05) is 19.7 Å². The monoisotopic (exact) mass is 430 g/mol. The molecule has 156 valence electrons. The van der Waals surface area contributed by atoms with E-state index in [1.807, 2.05) is 13.8 Å². The number of sulfonamides is 1. The van der Waals surface area contributed by atoms with Crippen LogP contribution in [-0.2, 0) is 19.6 Å². The second kappa shape index (κ2) is 10.2. The van der Waals surface area contributed by atoms with Gasteiger partial charge in [-0.05, 0) is 44.4 Å². The Morgan fingerprint density at radius 1 is 1.25 bits per heavy atom. The first-order valence-corrected chi connectivity index (χ1v) is 11.3. The zero-order valence-corrected chi connectivity index (χ0v) is 17.8. The Kier molecular flexibility index (Phi) is 8.27. The van der Waals surface area contributed by atoms with Crippen molar-refractivity contribution in [1.29, 1.82) is 0 Å². The van der Waals surface area contributed by atoms with Crippen LogP contribution < -0.4 is 5.32 Å². The lowest BCUT2D eigenvalue weighted by atomic mass is 10.2. The average molecular weight is 431 g/mol. The predicted molar refractivity (Wildman–Crippen MR) is 107 cm³/mol. The van der Waals surface area contributed by atoms with Crippen LogP contribution in [0.2, 0.25) is 5.02 Å². The first-order valence-electron chi connectivity index (χ1n) is 9.52. The van der Waals surface area contributed by atoms with E-state index in [4.69, 9.17) is 16.3 Å².